The smallest absolute Gasteiger partial charge is 0.253 e. The van der Waals surface area contributed by atoms with Crippen molar-refractivity contribution >= 4 is 19.7 Å². The van der Waals surface area contributed by atoms with Crippen molar-refractivity contribution in [1.29, 1.82) is 0 Å². The monoisotopic (exact) mass is 315 g/mol. The Labute approximate surface area is 134 Å². The van der Waals surface area contributed by atoms with E-state index < -0.39 is 8.07 Å². The number of rotatable bonds is 2. The molecule has 1 aromatic rings. The Kier molecular flexibility index (Phi) is 5.27. The number of piperazine rings is 1. The minimum Gasteiger partial charge on any atom is -0.399 e. The summed E-state index contributed by atoms with van der Waals surface area (Å²) >= 11 is 0. The van der Waals surface area contributed by atoms with Crippen molar-refractivity contribution < 1.29 is 4.79 Å². The van der Waals surface area contributed by atoms with E-state index >= 15 is 0 Å². The highest BCUT2D eigenvalue weighted by Crippen LogP contribution is 2.11. The van der Waals surface area contributed by atoms with Gasteiger partial charge < -0.3 is 10.6 Å². The lowest BCUT2D eigenvalue weighted by molar-refractivity contribution is 0.0652. The van der Waals surface area contributed by atoms with Crippen molar-refractivity contribution in [2.75, 3.05) is 38.5 Å². The lowest BCUT2D eigenvalue weighted by Gasteiger charge is -2.33. The number of carbonyl (C=O) groups is 1. The van der Waals surface area contributed by atoms with E-state index in [4.69, 9.17) is 5.73 Å². The Bertz CT molecular complexity index is 573. The number of nitrogen functional groups attached to an aromatic ring is 1. The minimum atomic E-state index is -1.28. The fourth-order valence-electron chi connectivity index (χ4n) is 2.33. The van der Waals surface area contributed by atoms with E-state index in [1.807, 2.05) is 4.90 Å². The summed E-state index contributed by atoms with van der Waals surface area (Å²) in [5.41, 5.74) is 10.4. The van der Waals surface area contributed by atoms with Crippen LogP contribution in [0.4, 0.5) is 5.69 Å². The van der Waals surface area contributed by atoms with E-state index in [0.29, 0.717) is 11.3 Å². The van der Waals surface area contributed by atoms with Crippen molar-refractivity contribution in [3.8, 4) is 11.5 Å². The molecule has 5 heteroatoms. The van der Waals surface area contributed by atoms with Gasteiger partial charge in [-0.15, -0.1) is 5.54 Å². The number of nitrogens with two attached hydrogens (primary N) is 1. The van der Waals surface area contributed by atoms with Gasteiger partial charge >= 0.3 is 0 Å². The summed E-state index contributed by atoms with van der Waals surface area (Å²) < 4.78 is 0. The van der Waals surface area contributed by atoms with E-state index in [0.717, 1.165) is 32.7 Å². The van der Waals surface area contributed by atoms with Crippen LogP contribution in [-0.4, -0.2) is 56.5 Å². The van der Waals surface area contributed by atoms with Gasteiger partial charge in [0, 0.05) is 37.4 Å². The Balaban J connectivity index is 1.85. The molecule has 2 N–H and O–H groups in total. The summed E-state index contributed by atoms with van der Waals surface area (Å²) in [6.07, 6.45) is 0. The molecule has 0 bridgehead atoms. The largest absolute Gasteiger partial charge is 0.399 e. The zero-order chi connectivity index (χ0) is 16.2. The Morgan fingerprint density at radius 3 is 2.27 bits per heavy atom. The van der Waals surface area contributed by atoms with Crippen LogP contribution in [0, 0.1) is 11.5 Å². The molecule has 1 amide bonds. The predicted molar refractivity (Wildman–Crippen MR) is 94.3 cm³/mol. The first-order valence-electron chi connectivity index (χ1n) is 7.72. The summed E-state index contributed by atoms with van der Waals surface area (Å²) in [6, 6.07) is 7.14. The van der Waals surface area contributed by atoms with Gasteiger partial charge in [0.2, 0.25) is 0 Å². The highest BCUT2D eigenvalue weighted by molar-refractivity contribution is 6.83. The van der Waals surface area contributed by atoms with Gasteiger partial charge in [-0.05, 0) is 24.3 Å². The molecule has 0 unspecified atom stereocenters. The maximum Gasteiger partial charge on any atom is 0.253 e. The molecule has 1 aromatic carbocycles. The number of hydrogen-bond acceptors (Lipinski definition) is 3. The summed E-state index contributed by atoms with van der Waals surface area (Å²) in [5, 5.41) is 0. The first kappa shape index (κ1) is 16.6. The van der Waals surface area contributed by atoms with Gasteiger partial charge in [-0.3, -0.25) is 9.69 Å². The molecular formula is C17H25N3OSi. The summed E-state index contributed by atoms with van der Waals surface area (Å²) in [4.78, 5) is 16.6. The number of carbonyl (C=O) groups excluding carboxylic acids is 1. The van der Waals surface area contributed by atoms with Crippen LogP contribution in [-0.2, 0) is 0 Å². The average Bonchev–Trinajstić information content (AvgIpc) is 2.47. The molecular weight excluding hydrogens is 290 g/mol. The van der Waals surface area contributed by atoms with Crippen LogP contribution >= 0.6 is 0 Å². The molecule has 1 saturated heterocycles. The number of nitrogens with zero attached hydrogens (tertiary/aromatic N) is 2. The van der Waals surface area contributed by atoms with Crippen molar-refractivity contribution in [2.24, 2.45) is 0 Å². The molecule has 0 radical (unpaired) electrons. The molecule has 1 fully saturated rings. The third-order valence-corrected chi connectivity index (χ3v) is 4.51. The van der Waals surface area contributed by atoms with Gasteiger partial charge in [0.15, 0.2) is 0 Å². The summed E-state index contributed by atoms with van der Waals surface area (Å²) in [6.45, 7) is 10.9. The molecule has 0 spiro atoms. The Morgan fingerprint density at radius 2 is 1.73 bits per heavy atom. The number of hydrogen-bond donors (Lipinski definition) is 1. The summed E-state index contributed by atoms with van der Waals surface area (Å²) in [7, 11) is -1.28. The standard InChI is InChI=1S/C17H25N3OSi/c1-22(2,3)14-4-9-19-10-12-20(13-11-19)17(21)15-5-7-16(18)8-6-15/h5-8H,9-13,18H2,1-3H3. The van der Waals surface area contributed by atoms with Gasteiger partial charge in [-0.1, -0.05) is 25.6 Å². The molecule has 0 saturated carbocycles. The summed E-state index contributed by atoms with van der Waals surface area (Å²) in [5.74, 6) is 3.39. The first-order valence-corrected chi connectivity index (χ1v) is 11.2. The van der Waals surface area contributed by atoms with Gasteiger partial charge in [-0.25, -0.2) is 0 Å². The number of anilines is 1. The van der Waals surface area contributed by atoms with Crippen LogP contribution in [0.5, 0.6) is 0 Å². The van der Waals surface area contributed by atoms with Crippen molar-refractivity contribution in [1.82, 2.24) is 9.80 Å². The van der Waals surface area contributed by atoms with E-state index in [1.54, 1.807) is 24.3 Å². The second-order valence-electron chi connectivity index (χ2n) is 6.74. The quantitative estimate of drug-likeness (QED) is 0.515. The van der Waals surface area contributed by atoms with Crippen LogP contribution in [0.3, 0.4) is 0 Å². The van der Waals surface area contributed by atoms with Crippen LogP contribution < -0.4 is 5.73 Å². The van der Waals surface area contributed by atoms with Crippen LogP contribution in [0.25, 0.3) is 0 Å². The van der Waals surface area contributed by atoms with Crippen molar-refractivity contribution in [2.45, 2.75) is 19.6 Å². The molecule has 1 aliphatic heterocycles. The van der Waals surface area contributed by atoms with Crippen LogP contribution in [0.15, 0.2) is 24.3 Å². The normalized spacial score (nSPS) is 16.0. The zero-order valence-electron chi connectivity index (χ0n) is 13.7. The highest BCUT2D eigenvalue weighted by Gasteiger charge is 2.21. The first-order chi connectivity index (χ1) is 10.3. The Hall–Kier alpha value is -1.77. The number of benzene rings is 1. The molecule has 4 nitrogen and oxygen atoms in total. The molecule has 0 atom stereocenters. The fraction of sp³-hybridized carbons (Fsp3) is 0.471. The maximum atomic E-state index is 12.4. The van der Waals surface area contributed by atoms with E-state index in [2.05, 4.69) is 36.0 Å². The van der Waals surface area contributed by atoms with E-state index in [-0.39, 0.29) is 5.91 Å². The molecule has 0 aromatic heterocycles. The second-order valence-corrected chi connectivity index (χ2v) is 11.5. The van der Waals surface area contributed by atoms with E-state index in [9.17, 15) is 4.79 Å². The molecule has 22 heavy (non-hydrogen) atoms. The third-order valence-electron chi connectivity index (χ3n) is 3.58. The highest BCUT2D eigenvalue weighted by atomic mass is 28.3. The van der Waals surface area contributed by atoms with E-state index in [1.165, 1.54) is 0 Å². The lowest BCUT2D eigenvalue weighted by atomic mass is 10.1. The van der Waals surface area contributed by atoms with Crippen molar-refractivity contribution in [3.63, 3.8) is 0 Å². The predicted octanol–water partition coefficient (Wildman–Crippen LogP) is 1.91. The molecule has 118 valence electrons. The minimum absolute atomic E-state index is 0.0906. The van der Waals surface area contributed by atoms with Gasteiger partial charge in [-0.2, -0.15) is 0 Å². The van der Waals surface area contributed by atoms with Gasteiger partial charge in [0.05, 0.1) is 6.54 Å². The van der Waals surface area contributed by atoms with Crippen molar-refractivity contribution in [3.05, 3.63) is 29.8 Å². The molecule has 1 aliphatic rings. The van der Waals surface area contributed by atoms with Crippen LogP contribution in [0.1, 0.15) is 10.4 Å². The fourth-order valence-corrected chi connectivity index (χ4v) is 2.94. The second kappa shape index (κ2) is 6.99. The molecule has 1 heterocycles. The van der Waals surface area contributed by atoms with Gasteiger partial charge in [0.25, 0.3) is 5.91 Å². The molecule has 0 aliphatic carbocycles. The van der Waals surface area contributed by atoms with Crippen LogP contribution in [0.2, 0.25) is 19.6 Å². The third kappa shape index (κ3) is 4.90. The maximum absolute atomic E-state index is 12.4. The lowest BCUT2D eigenvalue weighted by Crippen LogP contribution is -2.48. The Morgan fingerprint density at radius 1 is 1.14 bits per heavy atom. The molecule has 2 rings (SSSR count). The zero-order valence-corrected chi connectivity index (χ0v) is 14.7. The van der Waals surface area contributed by atoms with Gasteiger partial charge in [0.1, 0.15) is 8.07 Å². The SMILES string of the molecule is C[Si](C)(C)C#CCN1CCN(C(=O)c2ccc(N)cc2)CC1. The average molecular weight is 315 g/mol. The topological polar surface area (TPSA) is 49.6 Å². The number of amides is 1.